The van der Waals surface area contributed by atoms with Crippen LogP contribution in [-0.4, -0.2) is 36.0 Å². The van der Waals surface area contributed by atoms with Crippen molar-refractivity contribution in [2.45, 2.75) is 37.5 Å². The molecule has 3 aromatic rings. The molecule has 1 N–H and O–H groups in total. The van der Waals surface area contributed by atoms with Gasteiger partial charge in [0.2, 0.25) is 17.7 Å². The van der Waals surface area contributed by atoms with Gasteiger partial charge in [-0.1, -0.05) is 19.1 Å². The lowest BCUT2D eigenvalue weighted by atomic mass is 9.72. The van der Waals surface area contributed by atoms with E-state index in [1.807, 2.05) is 43.3 Å². The van der Waals surface area contributed by atoms with E-state index in [4.69, 9.17) is 0 Å². The van der Waals surface area contributed by atoms with Crippen molar-refractivity contribution < 1.29 is 14.4 Å². The number of hydrogen-bond acceptors (Lipinski definition) is 6. The van der Waals surface area contributed by atoms with E-state index in [0.29, 0.717) is 24.9 Å². The Morgan fingerprint density at radius 2 is 2.00 bits per heavy atom. The molecular weight excluding hydrogens is 424 g/mol. The fraction of sp³-hybridized carbons (Fsp3) is 0.292. The van der Waals surface area contributed by atoms with Gasteiger partial charge < -0.3 is 4.90 Å². The summed E-state index contributed by atoms with van der Waals surface area (Å²) < 4.78 is 1.01. The number of hydrogen-bond donors (Lipinski definition) is 1. The Balaban J connectivity index is 1.44. The lowest BCUT2D eigenvalue weighted by Crippen LogP contribution is -2.51. The highest BCUT2D eigenvalue weighted by molar-refractivity contribution is 7.17. The van der Waals surface area contributed by atoms with Gasteiger partial charge in [-0.25, -0.2) is 4.98 Å². The molecule has 2 atom stereocenters. The van der Waals surface area contributed by atoms with Crippen molar-refractivity contribution in [1.82, 2.24) is 10.3 Å². The molecular formula is C24H22N4O3S. The maximum Gasteiger partial charge on any atom is 0.239 e. The smallest absolute Gasteiger partial charge is 0.239 e. The Morgan fingerprint density at radius 3 is 2.72 bits per heavy atom. The number of thiazole rings is 1. The Hall–Kier alpha value is -3.39. The van der Waals surface area contributed by atoms with Crippen LogP contribution in [0.2, 0.25) is 0 Å². The van der Waals surface area contributed by atoms with Crippen molar-refractivity contribution in [2.24, 2.45) is 4.99 Å². The predicted octanol–water partition coefficient (Wildman–Crippen LogP) is 3.84. The largest absolute Gasteiger partial charge is 0.314 e. The number of imide groups is 1. The van der Waals surface area contributed by atoms with Crippen molar-refractivity contribution in [3.8, 4) is 0 Å². The van der Waals surface area contributed by atoms with Crippen molar-refractivity contribution in [3.05, 3.63) is 53.0 Å². The summed E-state index contributed by atoms with van der Waals surface area (Å²) in [4.78, 5) is 47.7. The number of carbonyl (C=O) groups is 3. The Bertz CT molecular complexity index is 1280. The van der Waals surface area contributed by atoms with E-state index in [0.717, 1.165) is 27.0 Å². The minimum Gasteiger partial charge on any atom is -0.314 e. The fourth-order valence-corrected chi connectivity index (χ4v) is 5.59. The van der Waals surface area contributed by atoms with Crippen LogP contribution in [0.1, 0.15) is 43.2 Å². The Morgan fingerprint density at radius 1 is 1.22 bits per heavy atom. The van der Waals surface area contributed by atoms with Gasteiger partial charge in [-0.2, -0.15) is 0 Å². The number of aliphatic imine (C=N–C) groups is 1. The molecule has 7 nitrogen and oxygen atoms in total. The van der Waals surface area contributed by atoms with Gasteiger partial charge in [0.15, 0.2) is 0 Å². The Kier molecular flexibility index (Phi) is 4.89. The number of carbonyl (C=O) groups excluding carboxylic acids is 3. The minimum absolute atomic E-state index is 0.0188. The van der Waals surface area contributed by atoms with Crippen molar-refractivity contribution in [3.63, 3.8) is 0 Å². The number of nitrogens with zero attached hydrogens (tertiary/aromatic N) is 3. The second-order valence-corrected chi connectivity index (χ2v) is 9.07. The predicted molar refractivity (Wildman–Crippen MR) is 125 cm³/mol. The number of benzene rings is 2. The molecule has 3 amide bonds. The molecule has 0 radical (unpaired) electrons. The SMILES string of the molecule is CCC1(c2ccc(N=CC3C(=O)N(C)c4ccc5ncsc5c43)cc2)CCC(=O)NC1=O. The minimum atomic E-state index is -0.697. The average Bonchev–Trinajstić information content (AvgIpc) is 3.37. The third-order valence-corrected chi connectivity index (χ3v) is 7.52. The molecule has 8 heteroatoms. The van der Waals surface area contributed by atoms with E-state index >= 15 is 0 Å². The fourth-order valence-electron chi connectivity index (χ4n) is 4.71. The zero-order chi connectivity index (χ0) is 22.5. The van der Waals surface area contributed by atoms with E-state index in [-0.39, 0.29) is 17.7 Å². The van der Waals surface area contributed by atoms with Crippen LogP contribution in [0.25, 0.3) is 10.2 Å². The van der Waals surface area contributed by atoms with Crippen LogP contribution in [0, 0.1) is 0 Å². The summed E-state index contributed by atoms with van der Waals surface area (Å²) in [6, 6.07) is 11.4. The zero-order valence-electron chi connectivity index (χ0n) is 17.8. The number of anilines is 1. The molecule has 0 bridgehead atoms. The summed E-state index contributed by atoms with van der Waals surface area (Å²) in [6.07, 6.45) is 3.14. The highest BCUT2D eigenvalue weighted by Crippen LogP contribution is 2.42. The van der Waals surface area contributed by atoms with Crippen molar-refractivity contribution in [1.29, 1.82) is 0 Å². The summed E-state index contributed by atoms with van der Waals surface area (Å²) >= 11 is 1.53. The van der Waals surface area contributed by atoms with Crippen LogP contribution in [0.3, 0.4) is 0 Å². The maximum absolute atomic E-state index is 12.9. The van der Waals surface area contributed by atoms with Crippen LogP contribution in [0.4, 0.5) is 11.4 Å². The maximum atomic E-state index is 12.9. The van der Waals surface area contributed by atoms with E-state index < -0.39 is 11.3 Å². The first-order chi connectivity index (χ1) is 15.4. The zero-order valence-corrected chi connectivity index (χ0v) is 18.6. The molecule has 2 aliphatic rings. The molecule has 0 aliphatic carbocycles. The van der Waals surface area contributed by atoms with Gasteiger partial charge in [-0.05, 0) is 42.7 Å². The second-order valence-electron chi connectivity index (χ2n) is 8.21. The molecule has 32 heavy (non-hydrogen) atoms. The van der Waals surface area contributed by atoms with E-state index in [1.54, 1.807) is 23.7 Å². The van der Waals surface area contributed by atoms with Crippen molar-refractivity contribution >= 4 is 56.9 Å². The molecule has 0 spiro atoms. The second kappa shape index (κ2) is 7.63. The van der Waals surface area contributed by atoms with Gasteiger partial charge in [-0.3, -0.25) is 24.7 Å². The molecule has 0 saturated carbocycles. The van der Waals surface area contributed by atoms with Gasteiger partial charge in [0.05, 0.1) is 26.8 Å². The topological polar surface area (TPSA) is 91.7 Å². The van der Waals surface area contributed by atoms with Gasteiger partial charge in [-0.15, -0.1) is 11.3 Å². The average molecular weight is 447 g/mol. The molecule has 2 aliphatic heterocycles. The van der Waals surface area contributed by atoms with Gasteiger partial charge in [0.1, 0.15) is 5.92 Å². The highest BCUT2D eigenvalue weighted by atomic mass is 32.1. The molecule has 2 aromatic carbocycles. The molecule has 5 rings (SSSR count). The van der Waals surface area contributed by atoms with Crippen LogP contribution in [-0.2, 0) is 19.8 Å². The van der Waals surface area contributed by atoms with Gasteiger partial charge >= 0.3 is 0 Å². The van der Waals surface area contributed by atoms with Crippen molar-refractivity contribution in [2.75, 3.05) is 11.9 Å². The lowest BCUT2D eigenvalue weighted by Gasteiger charge is -2.34. The molecule has 1 saturated heterocycles. The molecule has 1 aromatic heterocycles. The number of nitrogens with one attached hydrogen (secondary N) is 1. The summed E-state index contributed by atoms with van der Waals surface area (Å²) in [5, 5.41) is 2.47. The normalized spacial score (nSPS) is 23.2. The van der Waals surface area contributed by atoms with Gasteiger partial charge in [0.25, 0.3) is 0 Å². The first kappa shape index (κ1) is 20.5. The van der Waals surface area contributed by atoms with Crippen LogP contribution >= 0.6 is 11.3 Å². The summed E-state index contributed by atoms with van der Waals surface area (Å²) in [5.41, 5.74) is 5.39. The first-order valence-electron chi connectivity index (χ1n) is 10.6. The van der Waals surface area contributed by atoms with Crippen LogP contribution < -0.4 is 10.2 Å². The molecule has 162 valence electrons. The van der Waals surface area contributed by atoms with Gasteiger partial charge in [0, 0.05) is 30.9 Å². The number of amides is 3. The lowest BCUT2D eigenvalue weighted by molar-refractivity contribution is -0.138. The molecule has 2 unspecified atom stereocenters. The van der Waals surface area contributed by atoms with E-state index in [2.05, 4.69) is 15.3 Å². The number of fused-ring (bicyclic) bond motifs is 3. The van der Waals surface area contributed by atoms with Crippen LogP contribution in [0.5, 0.6) is 0 Å². The van der Waals surface area contributed by atoms with Crippen LogP contribution in [0.15, 0.2) is 46.9 Å². The quantitative estimate of drug-likeness (QED) is 0.487. The summed E-state index contributed by atoms with van der Waals surface area (Å²) in [7, 11) is 1.78. The number of aromatic nitrogens is 1. The van der Waals surface area contributed by atoms with E-state index in [9.17, 15) is 14.4 Å². The monoisotopic (exact) mass is 446 g/mol. The molecule has 1 fully saturated rings. The third kappa shape index (κ3) is 3.05. The number of piperidine rings is 1. The summed E-state index contributed by atoms with van der Waals surface area (Å²) in [6.45, 7) is 1.96. The van der Waals surface area contributed by atoms with E-state index in [1.165, 1.54) is 11.3 Å². The standard InChI is InChI=1S/C24H22N4O3S/c1-3-24(11-10-19(29)27-23(24)31)14-4-6-15(7-5-14)25-12-16-20-18(28(2)22(16)30)9-8-17-21(20)32-13-26-17/h4-9,12-13,16H,3,10-11H2,1-2H3,(H,27,29,31). The third-order valence-electron chi connectivity index (χ3n) is 6.65. The highest BCUT2D eigenvalue weighted by Gasteiger charge is 2.42. The summed E-state index contributed by atoms with van der Waals surface area (Å²) in [5.74, 6) is -0.940. The Labute approximate surface area is 189 Å². The number of likely N-dealkylation sites (N-methyl/N-ethyl adjacent to an activating group) is 1. The first-order valence-corrected chi connectivity index (χ1v) is 11.5. The number of rotatable bonds is 4. The molecule has 3 heterocycles.